The third kappa shape index (κ3) is 4.91. The summed E-state index contributed by atoms with van der Waals surface area (Å²) in [7, 11) is 0. The molecule has 0 bridgehead atoms. The van der Waals surface area contributed by atoms with E-state index in [-0.39, 0.29) is 17.1 Å². The Kier molecular flexibility index (Phi) is 4.94. The maximum absolute atomic E-state index is 11.8. The molecule has 1 aromatic carbocycles. The number of halogens is 4. The summed E-state index contributed by atoms with van der Waals surface area (Å²) < 4.78 is 35.3. The topological polar surface area (TPSA) is 64.4 Å². The lowest BCUT2D eigenvalue weighted by Gasteiger charge is -2.09. The van der Waals surface area contributed by atoms with Crippen LogP contribution in [0.4, 0.5) is 13.2 Å². The lowest BCUT2D eigenvalue weighted by atomic mass is 10.1. The summed E-state index contributed by atoms with van der Waals surface area (Å²) in [6, 6.07) is 4.24. The van der Waals surface area contributed by atoms with Gasteiger partial charge >= 0.3 is 6.18 Å². The van der Waals surface area contributed by atoms with Crippen molar-refractivity contribution in [1.29, 1.82) is 0 Å². The van der Waals surface area contributed by atoms with Crippen LogP contribution in [-0.2, 0) is 11.4 Å². The van der Waals surface area contributed by atoms with Gasteiger partial charge in [0.15, 0.2) is 6.61 Å². The first-order chi connectivity index (χ1) is 8.29. The number of nitrogens with one attached hydrogen (secondary N) is 1. The van der Waals surface area contributed by atoms with Gasteiger partial charge in [-0.2, -0.15) is 18.7 Å². The van der Waals surface area contributed by atoms with E-state index in [4.69, 9.17) is 17.3 Å². The van der Waals surface area contributed by atoms with Gasteiger partial charge in [0, 0.05) is 17.1 Å². The zero-order chi connectivity index (χ0) is 13.8. The van der Waals surface area contributed by atoms with Crippen LogP contribution >= 0.6 is 11.6 Å². The first kappa shape index (κ1) is 14.7. The molecule has 0 fully saturated rings. The molecule has 0 aliphatic heterocycles. The van der Waals surface area contributed by atoms with Gasteiger partial charge in [-0.1, -0.05) is 17.7 Å². The second-order valence-electron chi connectivity index (χ2n) is 3.40. The number of primary amides is 1. The van der Waals surface area contributed by atoms with Crippen LogP contribution in [-0.4, -0.2) is 18.7 Å². The largest absolute Gasteiger partial charge is 0.413 e. The number of hydroxylamine groups is 1. The lowest BCUT2D eigenvalue weighted by molar-refractivity contribution is -0.190. The van der Waals surface area contributed by atoms with Gasteiger partial charge in [-0.25, -0.2) is 0 Å². The monoisotopic (exact) mass is 282 g/mol. The van der Waals surface area contributed by atoms with Crippen molar-refractivity contribution in [2.75, 3.05) is 6.61 Å². The van der Waals surface area contributed by atoms with Crippen molar-refractivity contribution in [1.82, 2.24) is 5.48 Å². The summed E-state index contributed by atoms with van der Waals surface area (Å²) in [6.07, 6.45) is -4.40. The Labute approximate surface area is 106 Å². The van der Waals surface area contributed by atoms with Gasteiger partial charge in [-0.05, 0) is 17.7 Å². The molecule has 0 radical (unpaired) electrons. The van der Waals surface area contributed by atoms with Gasteiger partial charge in [0.1, 0.15) is 0 Å². The van der Waals surface area contributed by atoms with E-state index in [9.17, 15) is 18.0 Å². The molecule has 0 aromatic heterocycles. The van der Waals surface area contributed by atoms with E-state index < -0.39 is 18.7 Å². The van der Waals surface area contributed by atoms with Gasteiger partial charge in [0.25, 0.3) is 0 Å². The van der Waals surface area contributed by atoms with Crippen LogP contribution in [0.15, 0.2) is 18.2 Å². The van der Waals surface area contributed by atoms with Crippen molar-refractivity contribution < 1.29 is 22.8 Å². The van der Waals surface area contributed by atoms with Crippen molar-refractivity contribution >= 4 is 17.5 Å². The van der Waals surface area contributed by atoms with E-state index in [1.54, 1.807) is 0 Å². The number of rotatable bonds is 5. The minimum Gasteiger partial charge on any atom is -0.366 e. The van der Waals surface area contributed by atoms with Crippen LogP contribution < -0.4 is 11.2 Å². The Bertz CT molecular complexity index is 438. The summed E-state index contributed by atoms with van der Waals surface area (Å²) in [5, 5.41) is 0.217. The molecule has 18 heavy (non-hydrogen) atoms. The third-order valence-corrected chi connectivity index (χ3v) is 2.29. The molecule has 4 nitrogen and oxygen atoms in total. The molecule has 0 atom stereocenters. The number of carbonyl (C=O) groups is 1. The highest BCUT2D eigenvalue weighted by molar-refractivity contribution is 6.31. The Morgan fingerprint density at radius 1 is 1.44 bits per heavy atom. The van der Waals surface area contributed by atoms with E-state index in [0.717, 1.165) is 0 Å². The number of nitrogens with two attached hydrogens (primary N) is 1. The summed E-state index contributed by atoms with van der Waals surface area (Å²) in [6.45, 7) is -1.42. The van der Waals surface area contributed by atoms with Crippen LogP contribution in [0.3, 0.4) is 0 Å². The Hall–Kier alpha value is -1.31. The third-order valence-electron chi connectivity index (χ3n) is 1.94. The number of carbonyl (C=O) groups excluding carboxylic acids is 1. The van der Waals surface area contributed by atoms with Gasteiger partial charge < -0.3 is 5.73 Å². The van der Waals surface area contributed by atoms with Crippen molar-refractivity contribution in [3.8, 4) is 0 Å². The summed E-state index contributed by atoms with van der Waals surface area (Å²) in [5.74, 6) is -0.635. The highest BCUT2D eigenvalue weighted by Gasteiger charge is 2.27. The van der Waals surface area contributed by atoms with Crippen molar-refractivity contribution in [2.45, 2.75) is 12.7 Å². The molecule has 0 saturated heterocycles. The Balaban J connectivity index is 2.51. The van der Waals surface area contributed by atoms with Crippen LogP contribution in [0.5, 0.6) is 0 Å². The molecule has 1 rings (SSSR count). The van der Waals surface area contributed by atoms with Crippen LogP contribution in [0.1, 0.15) is 15.9 Å². The van der Waals surface area contributed by atoms with Gasteiger partial charge in [0.05, 0.1) is 0 Å². The highest BCUT2D eigenvalue weighted by atomic mass is 35.5. The smallest absolute Gasteiger partial charge is 0.366 e. The fraction of sp³-hybridized carbons (Fsp3) is 0.300. The van der Waals surface area contributed by atoms with E-state index in [2.05, 4.69) is 10.3 Å². The average molecular weight is 283 g/mol. The van der Waals surface area contributed by atoms with Crippen molar-refractivity contribution in [3.05, 3.63) is 34.3 Å². The maximum atomic E-state index is 11.8. The number of benzene rings is 1. The minimum atomic E-state index is -4.40. The molecule has 8 heteroatoms. The van der Waals surface area contributed by atoms with Crippen LogP contribution in [0, 0.1) is 0 Å². The maximum Gasteiger partial charge on any atom is 0.413 e. The number of amides is 1. The molecule has 3 N–H and O–H groups in total. The molecule has 0 unspecified atom stereocenters. The van der Waals surface area contributed by atoms with Crippen LogP contribution in [0.2, 0.25) is 5.02 Å². The second-order valence-corrected chi connectivity index (χ2v) is 3.80. The van der Waals surface area contributed by atoms with E-state index in [1.807, 2.05) is 0 Å². The van der Waals surface area contributed by atoms with Gasteiger partial charge in [0.2, 0.25) is 5.91 Å². The molecular formula is C10H10ClF3N2O2. The number of hydrogen-bond acceptors (Lipinski definition) is 3. The fourth-order valence-corrected chi connectivity index (χ4v) is 1.35. The quantitative estimate of drug-likeness (QED) is 0.641. The SMILES string of the molecule is NC(=O)c1ccc(CNOCC(F)(F)F)c(Cl)c1. The molecule has 0 heterocycles. The normalized spacial score (nSPS) is 11.6. The fourth-order valence-electron chi connectivity index (χ4n) is 1.11. The predicted octanol–water partition coefficient (Wildman–Crippen LogP) is 2.02. The standard InChI is InChI=1S/C10H10ClF3N2O2/c11-8-3-6(9(15)17)1-2-7(8)4-16-18-5-10(12,13)14/h1-3,16H,4-5H2,(H2,15,17). The zero-order valence-corrected chi connectivity index (χ0v) is 9.81. The summed E-state index contributed by atoms with van der Waals surface area (Å²) >= 11 is 5.82. The molecule has 0 saturated carbocycles. The lowest BCUT2D eigenvalue weighted by Crippen LogP contribution is -2.24. The molecular weight excluding hydrogens is 273 g/mol. The molecule has 1 amide bonds. The highest BCUT2D eigenvalue weighted by Crippen LogP contribution is 2.18. The zero-order valence-electron chi connectivity index (χ0n) is 9.05. The van der Waals surface area contributed by atoms with Crippen molar-refractivity contribution in [2.24, 2.45) is 5.73 Å². The first-order valence-corrected chi connectivity index (χ1v) is 5.17. The molecule has 0 aliphatic rings. The van der Waals surface area contributed by atoms with Gasteiger partial charge in [-0.3, -0.25) is 9.63 Å². The van der Waals surface area contributed by atoms with E-state index in [0.29, 0.717) is 5.56 Å². The van der Waals surface area contributed by atoms with Crippen molar-refractivity contribution in [3.63, 3.8) is 0 Å². The molecule has 1 aromatic rings. The number of alkyl halides is 3. The van der Waals surface area contributed by atoms with Crippen LogP contribution in [0.25, 0.3) is 0 Å². The average Bonchev–Trinajstić information content (AvgIpc) is 2.24. The van der Waals surface area contributed by atoms with E-state index >= 15 is 0 Å². The minimum absolute atomic E-state index is 0.0199. The second kappa shape index (κ2) is 6.03. The molecule has 100 valence electrons. The van der Waals surface area contributed by atoms with Gasteiger partial charge in [-0.15, -0.1) is 0 Å². The Morgan fingerprint density at radius 3 is 2.61 bits per heavy atom. The predicted molar refractivity (Wildman–Crippen MR) is 58.8 cm³/mol. The molecule has 0 aliphatic carbocycles. The molecule has 0 spiro atoms. The Morgan fingerprint density at radius 2 is 2.11 bits per heavy atom. The van der Waals surface area contributed by atoms with E-state index in [1.165, 1.54) is 18.2 Å². The first-order valence-electron chi connectivity index (χ1n) is 4.79. The number of hydrogen-bond donors (Lipinski definition) is 2. The summed E-state index contributed by atoms with van der Waals surface area (Å²) in [5.41, 5.74) is 7.88. The summed E-state index contributed by atoms with van der Waals surface area (Å²) in [4.78, 5) is 15.0.